The molecule has 5 aromatic carbocycles. The summed E-state index contributed by atoms with van der Waals surface area (Å²) in [5.41, 5.74) is 11.8. The van der Waals surface area contributed by atoms with Gasteiger partial charge in [-0.1, -0.05) is 127 Å². The lowest BCUT2D eigenvalue weighted by Gasteiger charge is -2.28. The highest BCUT2D eigenvalue weighted by Gasteiger charge is 2.37. The SMILES string of the molecule is C1=CC2c3cnccc3N(c3ccc(-c4cccc(-c5cccc(-c6c7ccccc7c(-c7ccccc7)c7ccccc67)n5)n4)cc3)C2C=C1. The van der Waals surface area contributed by atoms with Crippen LogP contribution < -0.4 is 4.90 Å². The Labute approximate surface area is 296 Å². The van der Waals surface area contributed by atoms with Gasteiger partial charge in [0.2, 0.25) is 0 Å². The van der Waals surface area contributed by atoms with Gasteiger partial charge in [-0.3, -0.25) is 4.98 Å². The van der Waals surface area contributed by atoms with Gasteiger partial charge in [0.05, 0.1) is 28.8 Å². The largest absolute Gasteiger partial charge is 0.333 e. The van der Waals surface area contributed by atoms with Crippen molar-refractivity contribution < 1.29 is 0 Å². The molecule has 0 bridgehead atoms. The fourth-order valence-corrected chi connectivity index (χ4v) is 8.04. The van der Waals surface area contributed by atoms with Gasteiger partial charge in [0.1, 0.15) is 0 Å². The van der Waals surface area contributed by atoms with E-state index in [4.69, 9.17) is 9.97 Å². The van der Waals surface area contributed by atoms with Crippen LogP contribution in [0.3, 0.4) is 0 Å². The second-order valence-electron chi connectivity index (χ2n) is 13.2. The minimum absolute atomic E-state index is 0.239. The first-order chi connectivity index (χ1) is 25.3. The van der Waals surface area contributed by atoms with Crippen LogP contribution in [0.4, 0.5) is 11.4 Å². The second kappa shape index (κ2) is 12.0. The Hall–Kier alpha value is -6.65. The van der Waals surface area contributed by atoms with Crippen molar-refractivity contribution in [3.05, 3.63) is 188 Å². The van der Waals surface area contributed by atoms with E-state index in [0.29, 0.717) is 5.92 Å². The van der Waals surface area contributed by atoms with Crippen LogP contribution in [0.1, 0.15) is 11.5 Å². The van der Waals surface area contributed by atoms with E-state index in [-0.39, 0.29) is 6.04 Å². The van der Waals surface area contributed by atoms with E-state index in [1.54, 1.807) is 0 Å². The van der Waals surface area contributed by atoms with Crippen molar-refractivity contribution in [1.29, 1.82) is 0 Å². The first kappa shape index (κ1) is 29.3. The molecule has 1 aliphatic heterocycles. The Bertz CT molecular complexity index is 2600. The maximum absolute atomic E-state index is 5.29. The maximum atomic E-state index is 5.29. The zero-order valence-electron chi connectivity index (χ0n) is 27.8. The molecule has 0 saturated heterocycles. The summed E-state index contributed by atoms with van der Waals surface area (Å²) in [6, 6.07) is 51.7. The predicted molar refractivity (Wildman–Crippen MR) is 210 cm³/mol. The third kappa shape index (κ3) is 4.87. The summed E-state index contributed by atoms with van der Waals surface area (Å²) in [5, 5.41) is 4.80. The van der Waals surface area contributed by atoms with Crippen LogP contribution in [0.5, 0.6) is 0 Å². The number of rotatable bonds is 5. The van der Waals surface area contributed by atoms with E-state index >= 15 is 0 Å². The minimum atomic E-state index is 0.239. The number of allylic oxidation sites excluding steroid dienone is 2. The predicted octanol–water partition coefficient (Wildman–Crippen LogP) is 11.6. The topological polar surface area (TPSA) is 41.9 Å². The third-order valence-electron chi connectivity index (χ3n) is 10.3. The van der Waals surface area contributed by atoms with Crippen molar-refractivity contribution in [2.45, 2.75) is 12.0 Å². The van der Waals surface area contributed by atoms with Crippen LogP contribution in [0, 0.1) is 0 Å². The molecular weight excluding hydrogens is 621 g/mol. The van der Waals surface area contributed by atoms with Gasteiger partial charge in [0, 0.05) is 46.4 Å². The van der Waals surface area contributed by atoms with Crippen molar-refractivity contribution in [3.8, 4) is 45.0 Å². The Balaban J connectivity index is 1.03. The number of fused-ring (bicyclic) bond motifs is 5. The van der Waals surface area contributed by atoms with Gasteiger partial charge in [-0.15, -0.1) is 0 Å². The monoisotopic (exact) mass is 652 g/mol. The second-order valence-corrected chi connectivity index (χ2v) is 13.2. The number of aromatic nitrogens is 3. The molecule has 4 heteroatoms. The van der Waals surface area contributed by atoms with Crippen molar-refractivity contribution in [3.63, 3.8) is 0 Å². The molecule has 2 atom stereocenters. The number of anilines is 2. The number of pyridine rings is 3. The third-order valence-corrected chi connectivity index (χ3v) is 10.3. The standard InChI is InChI=1S/C47H32N4/c1-2-12-32(13-3-1)46-35-15-4-6-17-37(35)47(38-18-7-5-16-36(38)46)43-22-11-21-42(50-43)41-20-10-19-40(49-41)31-24-26-33(27-25-31)51-44-23-9-8-14-34(44)39-30-48-29-28-45(39)51/h1-30,34,44H. The van der Waals surface area contributed by atoms with E-state index in [1.807, 2.05) is 12.4 Å². The van der Waals surface area contributed by atoms with E-state index in [1.165, 1.54) is 43.9 Å². The van der Waals surface area contributed by atoms with Crippen molar-refractivity contribution in [1.82, 2.24) is 15.0 Å². The van der Waals surface area contributed by atoms with Gasteiger partial charge in [-0.25, -0.2) is 9.97 Å². The average Bonchev–Trinajstić information content (AvgIpc) is 3.55. The van der Waals surface area contributed by atoms with E-state index in [9.17, 15) is 0 Å². The highest BCUT2D eigenvalue weighted by Crippen LogP contribution is 2.47. The zero-order chi connectivity index (χ0) is 33.7. The van der Waals surface area contributed by atoms with Gasteiger partial charge in [-0.05, 0) is 75.1 Å². The van der Waals surface area contributed by atoms with E-state index in [2.05, 4.69) is 180 Å². The van der Waals surface area contributed by atoms with Crippen molar-refractivity contribution in [2.24, 2.45) is 0 Å². The van der Waals surface area contributed by atoms with Crippen LogP contribution in [-0.4, -0.2) is 21.0 Å². The molecule has 4 nitrogen and oxygen atoms in total. The summed E-state index contributed by atoms with van der Waals surface area (Å²) in [7, 11) is 0. The van der Waals surface area contributed by atoms with Crippen LogP contribution in [0.15, 0.2) is 182 Å². The molecular formula is C47H32N4. The molecule has 0 N–H and O–H groups in total. The Morgan fingerprint density at radius 3 is 1.75 bits per heavy atom. The molecule has 2 unspecified atom stereocenters. The molecule has 240 valence electrons. The molecule has 8 aromatic rings. The first-order valence-electron chi connectivity index (χ1n) is 17.4. The lowest BCUT2D eigenvalue weighted by atomic mass is 9.87. The quantitative estimate of drug-likeness (QED) is 0.174. The highest BCUT2D eigenvalue weighted by atomic mass is 15.2. The Morgan fingerprint density at radius 1 is 0.451 bits per heavy atom. The summed E-state index contributed by atoms with van der Waals surface area (Å²) < 4.78 is 0. The van der Waals surface area contributed by atoms with E-state index < -0.39 is 0 Å². The summed E-state index contributed by atoms with van der Waals surface area (Å²) in [4.78, 5) is 17.3. The van der Waals surface area contributed by atoms with Gasteiger partial charge in [0.25, 0.3) is 0 Å². The summed E-state index contributed by atoms with van der Waals surface area (Å²) in [6.45, 7) is 0. The average molecular weight is 653 g/mol. The summed E-state index contributed by atoms with van der Waals surface area (Å²) in [6.07, 6.45) is 12.7. The fraction of sp³-hybridized carbons (Fsp3) is 0.0426. The Morgan fingerprint density at radius 2 is 1.04 bits per heavy atom. The summed E-state index contributed by atoms with van der Waals surface area (Å²) >= 11 is 0. The lowest BCUT2D eigenvalue weighted by molar-refractivity contribution is 0.743. The molecule has 0 amide bonds. The van der Waals surface area contributed by atoms with Crippen molar-refractivity contribution in [2.75, 3.05) is 4.90 Å². The molecule has 2 aliphatic rings. The smallest absolute Gasteiger partial charge is 0.0893 e. The van der Waals surface area contributed by atoms with Crippen LogP contribution in [0.25, 0.3) is 66.6 Å². The molecule has 0 radical (unpaired) electrons. The molecule has 4 heterocycles. The molecule has 0 saturated carbocycles. The minimum Gasteiger partial charge on any atom is -0.333 e. The van der Waals surface area contributed by atoms with Gasteiger partial charge < -0.3 is 4.90 Å². The van der Waals surface area contributed by atoms with E-state index in [0.717, 1.165) is 39.6 Å². The molecule has 51 heavy (non-hydrogen) atoms. The van der Waals surface area contributed by atoms with Crippen LogP contribution in [-0.2, 0) is 0 Å². The van der Waals surface area contributed by atoms with Gasteiger partial charge >= 0.3 is 0 Å². The molecule has 3 aromatic heterocycles. The first-order valence-corrected chi connectivity index (χ1v) is 17.4. The highest BCUT2D eigenvalue weighted by molar-refractivity contribution is 6.21. The molecule has 1 aliphatic carbocycles. The number of hydrogen-bond donors (Lipinski definition) is 0. The van der Waals surface area contributed by atoms with Crippen LogP contribution >= 0.6 is 0 Å². The molecule has 10 rings (SSSR count). The number of nitrogens with zero attached hydrogens (tertiary/aromatic N) is 4. The zero-order valence-corrected chi connectivity index (χ0v) is 27.8. The maximum Gasteiger partial charge on any atom is 0.0893 e. The summed E-state index contributed by atoms with van der Waals surface area (Å²) in [5.74, 6) is 0.303. The molecule has 0 spiro atoms. The lowest BCUT2D eigenvalue weighted by Crippen LogP contribution is -2.28. The number of hydrogen-bond acceptors (Lipinski definition) is 4. The fourth-order valence-electron chi connectivity index (χ4n) is 8.04. The number of benzene rings is 5. The van der Waals surface area contributed by atoms with Gasteiger partial charge in [0.15, 0.2) is 0 Å². The normalized spacial score (nSPS) is 16.0. The molecule has 0 fully saturated rings. The van der Waals surface area contributed by atoms with Crippen molar-refractivity contribution >= 4 is 32.9 Å². The van der Waals surface area contributed by atoms with Gasteiger partial charge in [-0.2, -0.15) is 0 Å². The van der Waals surface area contributed by atoms with Crippen LogP contribution in [0.2, 0.25) is 0 Å². The Kier molecular flexibility index (Phi) is 6.91.